The van der Waals surface area contributed by atoms with Crippen molar-refractivity contribution < 1.29 is 28.2 Å². The van der Waals surface area contributed by atoms with Gasteiger partial charge in [0.2, 0.25) is 0 Å². The lowest BCUT2D eigenvalue weighted by Gasteiger charge is -2.11. The molecule has 156 valence electrons. The second kappa shape index (κ2) is 8.37. The van der Waals surface area contributed by atoms with E-state index in [9.17, 15) is 23.4 Å². The maximum absolute atomic E-state index is 11.9. The number of nitrogens with one attached hydrogen (secondary N) is 1. The highest BCUT2D eigenvalue weighted by molar-refractivity contribution is 7.90. The first-order valence-electron chi connectivity index (χ1n) is 8.84. The van der Waals surface area contributed by atoms with Crippen LogP contribution in [-0.2, 0) is 14.6 Å². The van der Waals surface area contributed by atoms with Gasteiger partial charge < -0.3 is 14.9 Å². The summed E-state index contributed by atoms with van der Waals surface area (Å²) in [7, 11) is -3.52. The molecule has 0 unspecified atom stereocenters. The predicted molar refractivity (Wildman–Crippen MR) is 112 cm³/mol. The lowest BCUT2D eigenvalue weighted by Crippen LogP contribution is -2.13. The third kappa shape index (κ3) is 4.49. The molecule has 0 atom stereocenters. The zero-order chi connectivity index (χ0) is 21.9. The smallest absolute Gasteiger partial charge is 0.411 e. The summed E-state index contributed by atoms with van der Waals surface area (Å²) in [6.45, 7) is 1.86. The standard InChI is InChI=1S/C20H19N3O6S/c1-3-29-20(26)21-14-6-4-5-12-7-9-17(25)19(18(12)14)23-22-15-11-13(30(2,27)28)8-10-16(15)24/h4-11,24-25H,3H2,1-2H3,(H,21,26). The van der Waals surface area contributed by atoms with Crippen LogP contribution >= 0.6 is 0 Å². The lowest BCUT2D eigenvalue weighted by molar-refractivity contribution is 0.168. The Balaban J connectivity index is 2.12. The Morgan fingerprint density at radius 3 is 2.50 bits per heavy atom. The van der Waals surface area contributed by atoms with Crippen LogP contribution in [0.15, 0.2) is 63.7 Å². The Hall–Kier alpha value is -3.66. The van der Waals surface area contributed by atoms with Crippen molar-refractivity contribution in [1.29, 1.82) is 0 Å². The first-order valence-corrected chi connectivity index (χ1v) is 10.7. The van der Waals surface area contributed by atoms with Crippen molar-refractivity contribution >= 4 is 43.8 Å². The van der Waals surface area contributed by atoms with E-state index in [0.29, 0.717) is 16.5 Å². The normalized spacial score (nSPS) is 11.7. The summed E-state index contributed by atoms with van der Waals surface area (Å²) in [5.74, 6) is -0.501. The highest BCUT2D eigenvalue weighted by Crippen LogP contribution is 2.41. The number of carbonyl (C=O) groups excluding carboxylic acids is 1. The molecular weight excluding hydrogens is 410 g/mol. The highest BCUT2D eigenvalue weighted by Gasteiger charge is 2.15. The highest BCUT2D eigenvalue weighted by atomic mass is 32.2. The predicted octanol–water partition coefficient (Wildman–Crippen LogP) is 4.64. The van der Waals surface area contributed by atoms with Gasteiger partial charge in [0.25, 0.3) is 0 Å². The molecule has 0 heterocycles. The summed E-state index contributed by atoms with van der Waals surface area (Å²) in [6.07, 6.45) is 0.360. The fourth-order valence-electron chi connectivity index (χ4n) is 2.75. The molecule has 0 spiro atoms. The molecule has 3 aromatic rings. The van der Waals surface area contributed by atoms with Gasteiger partial charge in [0.1, 0.15) is 22.9 Å². The number of phenolic OH excluding ortho intramolecular Hbond substituents is 2. The summed E-state index contributed by atoms with van der Waals surface area (Å²) < 4.78 is 28.4. The van der Waals surface area contributed by atoms with Crippen LogP contribution in [0.5, 0.6) is 11.5 Å². The van der Waals surface area contributed by atoms with Gasteiger partial charge in [-0.25, -0.2) is 13.2 Å². The zero-order valence-electron chi connectivity index (χ0n) is 16.2. The fourth-order valence-corrected chi connectivity index (χ4v) is 3.39. The largest absolute Gasteiger partial charge is 0.506 e. The minimum absolute atomic E-state index is 0.0315. The lowest BCUT2D eigenvalue weighted by atomic mass is 10.1. The summed E-state index contributed by atoms with van der Waals surface area (Å²) in [6, 6.07) is 11.8. The molecule has 0 radical (unpaired) electrons. The monoisotopic (exact) mass is 429 g/mol. The molecule has 3 aromatic carbocycles. The number of hydrogen-bond donors (Lipinski definition) is 3. The molecular formula is C20H19N3O6S. The van der Waals surface area contributed by atoms with Crippen molar-refractivity contribution in [3.05, 3.63) is 48.5 Å². The number of fused-ring (bicyclic) bond motifs is 1. The molecule has 3 N–H and O–H groups in total. The van der Waals surface area contributed by atoms with Crippen molar-refractivity contribution in [2.75, 3.05) is 18.2 Å². The Labute approximate surface area is 172 Å². The van der Waals surface area contributed by atoms with E-state index in [2.05, 4.69) is 15.5 Å². The van der Waals surface area contributed by atoms with E-state index >= 15 is 0 Å². The minimum Gasteiger partial charge on any atom is -0.506 e. The number of nitrogens with zero attached hydrogens (tertiary/aromatic N) is 2. The van der Waals surface area contributed by atoms with Crippen LogP contribution in [0.2, 0.25) is 0 Å². The van der Waals surface area contributed by atoms with Gasteiger partial charge >= 0.3 is 6.09 Å². The Kier molecular flexibility index (Phi) is 5.88. The van der Waals surface area contributed by atoms with E-state index in [1.807, 2.05) is 0 Å². The number of benzene rings is 3. The number of aromatic hydroxyl groups is 2. The fraction of sp³-hybridized carbons (Fsp3) is 0.150. The van der Waals surface area contributed by atoms with Gasteiger partial charge in [-0.3, -0.25) is 5.32 Å². The van der Waals surface area contributed by atoms with Crippen LogP contribution in [0.3, 0.4) is 0 Å². The summed E-state index contributed by atoms with van der Waals surface area (Å²) in [5.41, 5.74) is 0.277. The number of ether oxygens (including phenoxy) is 1. The Morgan fingerprint density at radius 2 is 1.80 bits per heavy atom. The van der Waals surface area contributed by atoms with E-state index in [1.165, 1.54) is 24.3 Å². The van der Waals surface area contributed by atoms with Crippen molar-refractivity contribution in [1.82, 2.24) is 0 Å². The molecule has 0 aliphatic heterocycles. The van der Waals surface area contributed by atoms with E-state index in [1.54, 1.807) is 31.2 Å². The van der Waals surface area contributed by atoms with Crippen molar-refractivity contribution in [2.45, 2.75) is 11.8 Å². The minimum atomic E-state index is -3.52. The Bertz CT molecular complexity index is 1250. The van der Waals surface area contributed by atoms with Gasteiger partial charge in [0, 0.05) is 11.6 Å². The molecule has 30 heavy (non-hydrogen) atoms. The maximum atomic E-state index is 11.9. The van der Waals surface area contributed by atoms with E-state index in [4.69, 9.17) is 4.74 Å². The van der Waals surface area contributed by atoms with Gasteiger partial charge in [0.15, 0.2) is 9.84 Å². The van der Waals surface area contributed by atoms with E-state index in [-0.39, 0.29) is 34.4 Å². The zero-order valence-corrected chi connectivity index (χ0v) is 17.0. The molecule has 1 amide bonds. The quantitative estimate of drug-likeness (QED) is 0.505. The van der Waals surface area contributed by atoms with Crippen LogP contribution < -0.4 is 5.32 Å². The summed E-state index contributed by atoms with van der Waals surface area (Å²) in [5, 5.41) is 32.0. The number of amides is 1. The summed E-state index contributed by atoms with van der Waals surface area (Å²) in [4.78, 5) is 11.8. The average molecular weight is 429 g/mol. The number of hydrogen-bond acceptors (Lipinski definition) is 8. The second-order valence-corrected chi connectivity index (χ2v) is 8.32. The molecule has 10 heteroatoms. The molecule has 0 aliphatic rings. The van der Waals surface area contributed by atoms with Crippen LogP contribution in [0.1, 0.15) is 6.92 Å². The molecule has 0 bridgehead atoms. The topological polar surface area (TPSA) is 138 Å². The molecule has 0 aliphatic carbocycles. The number of azo groups is 1. The molecule has 9 nitrogen and oxygen atoms in total. The number of sulfone groups is 1. The molecule has 0 saturated carbocycles. The molecule has 0 saturated heterocycles. The van der Waals surface area contributed by atoms with Gasteiger partial charge in [0.05, 0.1) is 17.2 Å². The number of phenols is 2. The van der Waals surface area contributed by atoms with Gasteiger partial charge in [-0.2, -0.15) is 0 Å². The molecule has 0 fully saturated rings. The first kappa shape index (κ1) is 21.1. The maximum Gasteiger partial charge on any atom is 0.411 e. The SMILES string of the molecule is CCOC(=O)Nc1cccc2ccc(O)c(N=Nc3cc(S(C)(=O)=O)ccc3O)c12. The van der Waals surface area contributed by atoms with Crippen LogP contribution in [0, 0.1) is 0 Å². The van der Waals surface area contributed by atoms with Crippen LogP contribution in [0.25, 0.3) is 10.8 Å². The second-order valence-electron chi connectivity index (χ2n) is 6.31. The molecule has 3 rings (SSSR count). The van der Waals surface area contributed by atoms with Crippen molar-refractivity contribution in [2.24, 2.45) is 10.2 Å². The van der Waals surface area contributed by atoms with Crippen LogP contribution in [0.4, 0.5) is 21.9 Å². The number of anilines is 1. The van der Waals surface area contributed by atoms with Gasteiger partial charge in [-0.05, 0) is 42.6 Å². The third-order valence-electron chi connectivity index (χ3n) is 4.14. The third-order valence-corrected chi connectivity index (χ3v) is 5.25. The van der Waals surface area contributed by atoms with E-state index < -0.39 is 15.9 Å². The van der Waals surface area contributed by atoms with Gasteiger partial charge in [-0.15, -0.1) is 10.2 Å². The summed E-state index contributed by atoms with van der Waals surface area (Å²) >= 11 is 0. The molecule has 0 aromatic heterocycles. The van der Waals surface area contributed by atoms with Crippen molar-refractivity contribution in [3.63, 3.8) is 0 Å². The number of carbonyl (C=O) groups is 1. The first-order chi connectivity index (χ1) is 14.2. The van der Waals surface area contributed by atoms with Crippen molar-refractivity contribution in [3.8, 4) is 11.5 Å². The average Bonchev–Trinajstić information content (AvgIpc) is 2.68. The number of rotatable bonds is 5. The van der Waals surface area contributed by atoms with E-state index in [0.717, 1.165) is 6.26 Å². The van der Waals surface area contributed by atoms with Crippen LogP contribution in [-0.4, -0.2) is 37.6 Å². The van der Waals surface area contributed by atoms with Gasteiger partial charge in [-0.1, -0.05) is 18.2 Å². The Morgan fingerprint density at radius 1 is 1.07 bits per heavy atom.